The zero-order valence-electron chi connectivity index (χ0n) is 26.3. The molecule has 0 fully saturated rings. The summed E-state index contributed by atoms with van der Waals surface area (Å²) >= 11 is 1.86. The molecule has 0 atom stereocenters. The van der Waals surface area contributed by atoms with E-state index < -0.39 is 0 Å². The third kappa shape index (κ3) is 4.95. The molecule has 1 nitrogen and oxygen atoms in total. The first-order valence-electron chi connectivity index (χ1n) is 16.4. The van der Waals surface area contributed by atoms with Crippen LogP contribution in [0.5, 0.6) is 0 Å². The average Bonchev–Trinajstić information content (AvgIpc) is 3.54. The number of nitrogens with zero attached hydrogens (tertiary/aromatic N) is 1. The lowest BCUT2D eigenvalue weighted by Gasteiger charge is -2.31. The molecule has 0 radical (unpaired) electrons. The van der Waals surface area contributed by atoms with E-state index in [2.05, 4.69) is 193 Å². The quantitative estimate of drug-likeness (QED) is 0.177. The van der Waals surface area contributed by atoms with Gasteiger partial charge in [-0.05, 0) is 58.0 Å². The van der Waals surface area contributed by atoms with E-state index in [-0.39, 0.29) is 0 Å². The van der Waals surface area contributed by atoms with Crippen LogP contribution < -0.4 is 4.90 Å². The summed E-state index contributed by atoms with van der Waals surface area (Å²) in [6, 6.07) is 68.2. The SMILES string of the molecule is c1ccc(-c2ccc(-c3ccccc3N(c3ccccc3-c3ccc4c(c3)sc3ccccc34)c3cccc4ccccc34)cc2)cc1. The summed E-state index contributed by atoms with van der Waals surface area (Å²) in [5.74, 6) is 0. The fourth-order valence-electron chi connectivity index (χ4n) is 6.98. The molecule has 0 saturated carbocycles. The smallest absolute Gasteiger partial charge is 0.0540 e. The zero-order valence-corrected chi connectivity index (χ0v) is 27.1. The summed E-state index contributed by atoms with van der Waals surface area (Å²) in [4.78, 5) is 2.47. The van der Waals surface area contributed by atoms with Gasteiger partial charge in [-0.25, -0.2) is 0 Å². The molecule has 0 unspecified atom stereocenters. The van der Waals surface area contributed by atoms with Gasteiger partial charge in [-0.15, -0.1) is 11.3 Å². The van der Waals surface area contributed by atoms with Crippen molar-refractivity contribution < 1.29 is 0 Å². The number of rotatable bonds is 6. The molecular formula is C46H31NS. The fraction of sp³-hybridized carbons (Fsp3) is 0. The van der Waals surface area contributed by atoms with Gasteiger partial charge in [-0.2, -0.15) is 0 Å². The Kier molecular flexibility index (Phi) is 7.07. The summed E-state index contributed by atoms with van der Waals surface area (Å²) < 4.78 is 2.63. The minimum absolute atomic E-state index is 1.14. The van der Waals surface area contributed by atoms with Crippen molar-refractivity contribution in [2.24, 2.45) is 0 Å². The minimum atomic E-state index is 1.14. The van der Waals surface area contributed by atoms with Gasteiger partial charge in [-0.3, -0.25) is 0 Å². The topological polar surface area (TPSA) is 3.24 Å². The largest absolute Gasteiger partial charge is 0.309 e. The predicted molar refractivity (Wildman–Crippen MR) is 208 cm³/mol. The number of thiophene rings is 1. The minimum Gasteiger partial charge on any atom is -0.309 e. The Hall–Kier alpha value is -5.96. The predicted octanol–water partition coefficient (Wildman–Crippen LogP) is 13.7. The molecule has 226 valence electrons. The molecule has 0 aliphatic carbocycles. The highest BCUT2D eigenvalue weighted by atomic mass is 32.1. The first-order valence-corrected chi connectivity index (χ1v) is 17.2. The van der Waals surface area contributed by atoms with E-state index in [0.717, 1.165) is 17.1 Å². The number of para-hydroxylation sites is 2. The molecule has 0 aliphatic heterocycles. The Bertz CT molecular complexity index is 2560. The van der Waals surface area contributed by atoms with Gasteiger partial charge in [0.05, 0.1) is 17.1 Å². The van der Waals surface area contributed by atoms with E-state index in [0.29, 0.717) is 0 Å². The molecule has 0 N–H and O–H groups in total. The van der Waals surface area contributed by atoms with Crippen LogP contribution in [0.2, 0.25) is 0 Å². The van der Waals surface area contributed by atoms with Crippen molar-refractivity contribution in [3.63, 3.8) is 0 Å². The Morgan fingerprint density at radius 2 is 0.833 bits per heavy atom. The van der Waals surface area contributed by atoms with E-state index in [1.165, 1.54) is 64.3 Å². The highest BCUT2D eigenvalue weighted by Crippen LogP contribution is 2.47. The molecule has 2 heteroatoms. The van der Waals surface area contributed by atoms with E-state index in [4.69, 9.17) is 0 Å². The number of anilines is 3. The van der Waals surface area contributed by atoms with Crippen molar-refractivity contribution in [1.82, 2.24) is 0 Å². The van der Waals surface area contributed by atoms with Crippen molar-refractivity contribution in [2.75, 3.05) is 4.90 Å². The number of benzene rings is 8. The number of fused-ring (bicyclic) bond motifs is 4. The van der Waals surface area contributed by atoms with E-state index >= 15 is 0 Å². The molecule has 0 spiro atoms. The van der Waals surface area contributed by atoms with Gasteiger partial charge in [0.15, 0.2) is 0 Å². The molecule has 9 aromatic rings. The molecule has 0 amide bonds. The van der Waals surface area contributed by atoms with Crippen LogP contribution in [-0.4, -0.2) is 0 Å². The first kappa shape index (κ1) is 28.3. The van der Waals surface area contributed by atoms with Crippen LogP contribution >= 0.6 is 11.3 Å². The Balaban J connectivity index is 1.26. The van der Waals surface area contributed by atoms with Crippen molar-refractivity contribution >= 4 is 59.3 Å². The fourth-order valence-corrected chi connectivity index (χ4v) is 8.13. The molecule has 0 bridgehead atoms. The lowest BCUT2D eigenvalue weighted by molar-refractivity contribution is 1.30. The second kappa shape index (κ2) is 12.0. The lowest BCUT2D eigenvalue weighted by atomic mass is 9.96. The van der Waals surface area contributed by atoms with Gasteiger partial charge in [0.2, 0.25) is 0 Å². The van der Waals surface area contributed by atoms with Crippen LogP contribution in [-0.2, 0) is 0 Å². The Morgan fingerprint density at radius 1 is 0.312 bits per heavy atom. The van der Waals surface area contributed by atoms with Crippen molar-refractivity contribution in [3.05, 3.63) is 188 Å². The second-order valence-corrected chi connectivity index (χ2v) is 13.2. The van der Waals surface area contributed by atoms with Gasteiger partial charge in [0.25, 0.3) is 0 Å². The molecule has 8 aromatic carbocycles. The normalized spacial score (nSPS) is 11.3. The van der Waals surface area contributed by atoms with Gasteiger partial charge in [-0.1, -0.05) is 158 Å². The number of hydrogen-bond donors (Lipinski definition) is 0. The maximum atomic E-state index is 2.47. The highest BCUT2D eigenvalue weighted by Gasteiger charge is 2.22. The summed E-state index contributed by atoms with van der Waals surface area (Å²) in [7, 11) is 0. The van der Waals surface area contributed by atoms with Crippen molar-refractivity contribution in [3.8, 4) is 33.4 Å². The molecule has 1 heterocycles. The maximum absolute atomic E-state index is 2.47. The van der Waals surface area contributed by atoms with Gasteiger partial charge >= 0.3 is 0 Å². The summed E-state index contributed by atoms with van der Waals surface area (Å²) in [6.45, 7) is 0. The zero-order chi connectivity index (χ0) is 31.9. The summed E-state index contributed by atoms with van der Waals surface area (Å²) in [6.07, 6.45) is 0. The van der Waals surface area contributed by atoms with Crippen LogP contribution in [0.25, 0.3) is 64.3 Å². The van der Waals surface area contributed by atoms with Gasteiger partial charge in [0, 0.05) is 36.7 Å². The van der Waals surface area contributed by atoms with Gasteiger partial charge < -0.3 is 4.90 Å². The highest BCUT2D eigenvalue weighted by molar-refractivity contribution is 7.25. The standard InChI is InChI=1S/C46H31NS/c1-2-13-32(14-3-1)33-25-27-35(28-26-33)38-18-6-9-21-42(38)47(44-23-12-16-34-15-4-5-17-37(34)44)43-22-10-7-19-39(43)36-29-30-41-40-20-8-11-24-45(40)48-46(41)31-36/h1-31H. The molecule has 1 aromatic heterocycles. The Morgan fingerprint density at radius 3 is 1.62 bits per heavy atom. The van der Waals surface area contributed by atoms with Crippen LogP contribution in [0.4, 0.5) is 17.1 Å². The molecule has 9 rings (SSSR count). The molecule has 48 heavy (non-hydrogen) atoms. The van der Waals surface area contributed by atoms with Crippen molar-refractivity contribution in [2.45, 2.75) is 0 Å². The maximum Gasteiger partial charge on any atom is 0.0540 e. The monoisotopic (exact) mass is 629 g/mol. The van der Waals surface area contributed by atoms with E-state index in [1.807, 2.05) is 11.3 Å². The van der Waals surface area contributed by atoms with E-state index in [1.54, 1.807) is 0 Å². The lowest BCUT2D eigenvalue weighted by Crippen LogP contribution is -2.13. The second-order valence-electron chi connectivity index (χ2n) is 12.1. The van der Waals surface area contributed by atoms with Crippen LogP contribution in [0.15, 0.2) is 188 Å². The third-order valence-electron chi connectivity index (χ3n) is 9.29. The summed E-state index contributed by atoms with van der Waals surface area (Å²) in [5.41, 5.74) is 10.6. The molecular weight excluding hydrogens is 599 g/mol. The van der Waals surface area contributed by atoms with E-state index in [9.17, 15) is 0 Å². The number of hydrogen-bond acceptors (Lipinski definition) is 2. The first-order chi connectivity index (χ1) is 23.8. The van der Waals surface area contributed by atoms with Crippen LogP contribution in [0.3, 0.4) is 0 Å². The van der Waals surface area contributed by atoms with Crippen LogP contribution in [0, 0.1) is 0 Å². The average molecular weight is 630 g/mol. The van der Waals surface area contributed by atoms with Crippen molar-refractivity contribution in [1.29, 1.82) is 0 Å². The Labute approximate surface area is 284 Å². The van der Waals surface area contributed by atoms with Crippen LogP contribution in [0.1, 0.15) is 0 Å². The molecule has 0 aliphatic rings. The summed E-state index contributed by atoms with van der Waals surface area (Å²) in [5, 5.41) is 5.06. The third-order valence-corrected chi connectivity index (χ3v) is 10.4. The molecule has 0 saturated heterocycles. The van der Waals surface area contributed by atoms with Gasteiger partial charge in [0.1, 0.15) is 0 Å².